The Morgan fingerprint density at radius 3 is 2.70 bits per heavy atom. The summed E-state index contributed by atoms with van der Waals surface area (Å²) in [5.74, 6) is 0. The second-order valence-corrected chi connectivity index (χ2v) is 5.49. The van der Waals surface area contributed by atoms with E-state index in [1.54, 1.807) is 0 Å². The van der Waals surface area contributed by atoms with Gasteiger partial charge in [0, 0.05) is 5.56 Å². The molecule has 3 aromatic rings. The lowest BCUT2D eigenvalue weighted by atomic mass is 9.96. The lowest BCUT2D eigenvalue weighted by Gasteiger charge is -2.11. The van der Waals surface area contributed by atoms with Gasteiger partial charge < -0.3 is 0 Å². The summed E-state index contributed by atoms with van der Waals surface area (Å²) in [6.07, 6.45) is 3.27. The molecular formula is C15H15N5. The largest absolute Gasteiger partial charge is 0.200 e. The molecule has 100 valence electrons. The molecule has 5 heteroatoms. The van der Waals surface area contributed by atoms with Crippen LogP contribution in [-0.4, -0.2) is 25.3 Å². The van der Waals surface area contributed by atoms with Crippen molar-refractivity contribution in [3.63, 3.8) is 0 Å². The van der Waals surface area contributed by atoms with E-state index < -0.39 is 0 Å². The molecule has 1 aliphatic carbocycles. The number of tetrazole rings is 1. The smallest absolute Gasteiger partial charge is 0.147 e. The highest BCUT2D eigenvalue weighted by atomic mass is 15.6. The zero-order valence-electron chi connectivity index (χ0n) is 11.6. The second kappa shape index (κ2) is 4.10. The van der Waals surface area contributed by atoms with Crippen molar-refractivity contribution in [1.29, 1.82) is 0 Å². The van der Waals surface area contributed by atoms with Crippen molar-refractivity contribution < 1.29 is 0 Å². The number of aromatic nitrogens is 5. The van der Waals surface area contributed by atoms with Crippen LogP contribution in [0.3, 0.4) is 0 Å². The van der Waals surface area contributed by atoms with Crippen molar-refractivity contribution in [2.24, 2.45) is 0 Å². The zero-order valence-corrected chi connectivity index (χ0v) is 11.6. The van der Waals surface area contributed by atoms with Crippen molar-refractivity contribution in [2.75, 3.05) is 0 Å². The third kappa shape index (κ3) is 1.62. The van der Waals surface area contributed by atoms with Crippen LogP contribution in [0.5, 0.6) is 0 Å². The summed E-state index contributed by atoms with van der Waals surface area (Å²) in [4.78, 5) is 0. The normalized spacial score (nSPS) is 13.9. The van der Waals surface area contributed by atoms with E-state index in [9.17, 15) is 0 Å². The predicted octanol–water partition coefficient (Wildman–Crippen LogP) is 2.29. The van der Waals surface area contributed by atoms with Crippen molar-refractivity contribution >= 4 is 5.65 Å². The van der Waals surface area contributed by atoms with Gasteiger partial charge in [0.05, 0.1) is 5.69 Å². The van der Waals surface area contributed by atoms with Crippen LogP contribution < -0.4 is 0 Å². The molecule has 0 spiro atoms. The van der Waals surface area contributed by atoms with E-state index in [1.165, 1.54) is 32.4 Å². The quantitative estimate of drug-likeness (QED) is 0.626. The summed E-state index contributed by atoms with van der Waals surface area (Å²) in [6.45, 7) is 4.31. The lowest BCUT2D eigenvalue weighted by Crippen LogP contribution is -2.01. The molecule has 2 heterocycles. The molecule has 0 saturated heterocycles. The Morgan fingerprint density at radius 2 is 1.80 bits per heavy atom. The van der Waals surface area contributed by atoms with Gasteiger partial charge >= 0.3 is 0 Å². The summed E-state index contributed by atoms with van der Waals surface area (Å²) in [6, 6.07) is 6.61. The van der Waals surface area contributed by atoms with Gasteiger partial charge in [-0.25, -0.2) is 0 Å². The Morgan fingerprint density at radius 1 is 1.00 bits per heavy atom. The first-order chi connectivity index (χ1) is 9.72. The average Bonchev–Trinajstić information content (AvgIpc) is 2.82. The van der Waals surface area contributed by atoms with Crippen LogP contribution >= 0.6 is 0 Å². The minimum atomic E-state index is 0.719. The molecule has 0 unspecified atom stereocenters. The maximum Gasteiger partial charge on any atom is 0.200 e. The molecule has 4 rings (SSSR count). The molecule has 1 aliphatic rings. The average molecular weight is 265 g/mol. The number of benzene rings is 1. The summed E-state index contributed by atoms with van der Waals surface area (Å²) < 4.78 is 1.52. The van der Waals surface area contributed by atoms with Crippen molar-refractivity contribution in [3.8, 4) is 11.3 Å². The Labute approximate surface area is 116 Å². The van der Waals surface area contributed by atoms with E-state index in [1.807, 2.05) is 0 Å². The molecular weight excluding hydrogens is 250 g/mol. The Hall–Kier alpha value is -2.30. The molecule has 0 radical (unpaired) electrons. The van der Waals surface area contributed by atoms with Gasteiger partial charge in [0.2, 0.25) is 0 Å². The molecule has 5 nitrogen and oxygen atoms in total. The van der Waals surface area contributed by atoms with Gasteiger partial charge in [-0.15, -0.1) is 14.8 Å². The summed E-state index contributed by atoms with van der Waals surface area (Å²) in [5, 5.41) is 16.2. The summed E-state index contributed by atoms with van der Waals surface area (Å²) >= 11 is 0. The lowest BCUT2D eigenvalue weighted by molar-refractivity contribution is 0.731. The fourth-order valence-electron chi connectivity index (χ4n) is 2.92. The maximum atomic E-state index is 4.63. The first-order valence-electron chi connectivity index (χ1n) is 6.91. The highest BCUT2D eigenvalue weighted by Crippen LogP contribution is 2.32. The van der Waals surface area contributed by atoms with E-state index in [0.29, 0.717) is 0 Å². The van der Waals surface area contributed by atoms with Gasteiger partial charge in [-0.3, -0.25) is 0 Å². The van der Waals surface area contributed by atoms with E-state index in [4.69, 9.17) is 0 Å². The summed E-state index contributed by atoms with van der Waals surface area (Å²) in [7, 11) is 0. The molecule has 0 N–H and O–H groups in total. The van der Waals surface area contributed by atoms with E-state index in [-0.39, 0.29) is 0 Å². The first-order valence-corrected chi connectivity index (χ1v) is 6.91. The van der Waals surface area contributed by atoms with Gasteiger partial charge in [0.1, 0.15) is 0 Å². The Balaban J connectivity index is 2.05. The minimum absolute atomic E-state index is 0.719. The van der Waals surface area contributed by atoms with Crippen LogP contribution in [0.4, 0.5) is 0 Å². The van der Waals surface area contributed by atoms with Crippen LogP contribution in [0.15, 0.2) is 18.2 Å². The van der Waals surface area contributed by atoms with Gasteiger partial charge in [0.25, 0.3) is 0 Å². The van der Waals surface area contributed by atoms with E-state index in [0.717, 1.165) is 30.6 Å². The summed E-state index contributed by atoms with van der Waals surface area (Å²) in [5.41, 5.74) is 8.25. The van der Waals surface area contributed by atoms with Crippen LogP contribution in [0.1, 0.15) is 28.7 Å². The van der Waals surface area contributed by atoms with Crippen molar-refractivity contribution in [2.45, 2.75) is 33.1 Å². The highest BCUT2D eigenvalue weighted by molar-refractivity contribution is 5.70. The standard InChI is InChI=1S/C15H15N5/c1-9-6-11-4-3-5-12-8-14-16-18-19-20(14)17-15(12)13(11)7-10(9)2/h6-8H,3-5H2,1-2H3. The molecule has 0 amide bonds. The van der Waals surface area contributed by atoms with Crippen molar-refractivity contribution in [1.82, 2.24) is 25.3 Å². The molecule has 2 aromatic heterocycles. The number of nitrogens with zero attached hydrogens (tertiary/aromatic N) is 5. The maximum absolute atomic E-state index is 4.63. The molecule has 0 bridgehead atoms. The van der Waals surface area contributed by atoms with Crippen LogP contribution in [0.2, 0.25) is 0 Å². The highest BCUT2D eigenvalue weighted by Gasteiger charge is 2.18. The number of hydrogen-bond donors (Lipinski definition) is 0. The topological polar surface area (TPSA) is 56.0 Å². The molecule has 1 aromatic carbocycles. The number of hydrogen-bond acceptors (Lipinski definition) is 4. The molecule has 0 atom stereocenters. The van der Waals surface area contributed by atoms with Crippen LogP contribution in [-0.2, 0) is 12.8 Å². The second-order valence-electron chi connectivity index (χ2n) is 5.49. The molecule has 0 fully saturated rings. The monoisotopic (exact) mass is 265 g/mol. The van der Waals surface area contributed by atoms with Gasteiger partial charge in [-0.1, -0.05) is 6.07 Å². The number of rotatable bonds is 0. The molecule has 0 saturated carbocycles. The first kappa shape index (κ1) is 11.5. The van der Waals surface area contributed by atoms with Crippen LogP contribution in [0, 0.1) is 13.8 Å². The Bertz CT molecular complexity index is 818. The van der Waals surface area contributed by atoms with E-state index >= 15 is 0 Å². The van der Waals surface area contributed by atoms with Gasteiger partial charge in [-0.2, -0.15) is 0 Å². The van der Waals surface area contributed by atoms with Gasteiger partial charge in [-0.05, 0) is 77.9 Å². The minimum Gasteiger partial charge on any atom is -0.147 e. The van der Waals surface area contributed by atoms with Crippen molar-refractivity contribution in [3.05, 3.63) is 40.5 Å². The fraction of sp³-hybridized carbons (Fsp3) is 0.333. The van der Waals surface area contributed by atoms with Gasteiger partial charge in [0.15, 0.2) is 5.65 Å². The number of fused-ring (bicyclic) bond motifs is 4. The SMILES string of the molecule is Cc1cc2c(cc1C)-c1nn3nnnc3cc1CCC2. The Kier molecular flexibility index (Phi) is 2.36. The molecule has 0 aliphatic heterocycles. The molecule has 20 heavy (non-hydrogen) atoms. The van der Waals surface area contributed by atoms with Crippen LogP contribution in [0.25, 0.3) is 16.9 Å². The third-order valence-corrected chi connectivity index (χ3v) is 4.15. The fourth-order valence-corrected chi connectivity index (χ4v) is 2.92. The zero-order chi connectivity index (χ0) is 13.7. The number of aryl methyl sites for hydroxylation is 4. The van der Waals surface area contributed by atoms with E-state index in [2.05, 4.69) is 52.7 Å². The third-order valence-electron chi connectivity index (χ3n) is 4.15. The predicted molar refractivity (Wildman–Crippen MR) is 75.5 cm³/mol.